The summed E-state index contributed by atoms with van der Waals surface area (Å²) in [5, 5.41) is 14.5. The molecule has 2 rings (SSSR count). The number of esters is 1. The summed E-state index contributed by atoms with van der Waals surface area (Å²) >= 11 is 0. The Kier molecular flexibility index (Phi) is 5.64. The average Bonchev–Trinajstić information content (AvgIpc) is 2.54. The number of hydrogen-bond donors (Lipinski definition) is 1. The molecule has 1 unspecified atom stereocenters. The van der Waals surface area contributed by atoms with Crippen molar-refractivity contribution in [1.29, 1.82) is 0 Å². The smallest absolute Gasteiger partial charge is 0.337 e. The lowest BCUT2D eigenvalue weighted by Crippen LogP contribution is -2.32. The molecule has 1 aliphatic rings. The normalized spacial score (nSPS) is 17.5. The van der Waals surface area contributed by atoms with Crippen molar-refractivity contribution >= 4 is 5.97 Å². The maximum Gasteiger partial charge on any atom is 0.337 e. The van der Waals surface area contributed by atoms with Gasteiger partial charge in [-0.15, -0.1) is 0 Å². The summed E-state index contributed by atoms with van der Waals surface area (Å²) < 4.78 is 10.0. The lowest BCUT2D eigenvalue weighted by atomic mass is 9.84. The highest BCUT2D eigenvalue weighted by molar-refractivity contribution is 5.92. The SMILES string of the molecule is COCCOC(=O)C1=C(C)NC(C)=C([N+](=O)[O-])C1c1ccncc1. The summed E-state index contributed by atoms with van der Waals surface area (Å²) in [5.41, 5.74) is 1.67. The van der Waals surface area contributed by atoms with E-state index in [0.29, 0.717) is 17.0 Å². The molecule has 0 saturated carbocycles. The van der Waals surface area contributed by atoms with E-state index in [-0.39, 0.29) is 24.5 Å². The molecule has 1 atom stereocenters. The summed E-state index contributed by atoms with van der Waals surface area (Å²) in [4.78, 5) is 27.5. The van der Waals surface area contributed by atoms with Gasteiger partial charge in [-0.2, -0.15) is 0 Å². The van der Waals surface area contributed by atoms with E-state index >= 15 is 0 Å². The Bertz CT molecular complexity index is 697. The monoisotopic (exact) mass is 333 g/mol. The van der Waals surface area contributed by atoms with Gasteiger partial charge >= 0.3 is 5.97 Å². The number of carbonyl (C=O) groups excluding carboxylic acids is 1. The number of nitrogens with one attached hydrogen (secondary N) is 1. The summed E-state index contributed by atoms with van der Waals surface area (Å²) in [6.07, 6.45) is 3.07. The number of rotatable bonds is 6. The van der Waals surface area contributed by atoms with E-state index in [9.17, 15) is 14.9 Å². The van der Waals surface area contributed by atoms with Crippen LogP contribution in [0.4, 0.5) is 0 Å². The molecule has 0 fully saturated rings. The second-order valence-electron chi connectivity index (χ2n) is 5.27. The molecule has 0 saturated heterocycles. The molecule has 0 amide bonds. The maximum absolute atomic E-state index is 12.5. The first-order valence-corrected chi connectivity index (χ1v) is 7.36. The van der Waals surface area contributed by atoms with Gasteiger partial charge in [-0.3, -0.25) is 15.1 Å². The van der Waals surface area contributed by atoms with E-state index in [1.54, 1.807) is 26.0 Å². The largest absolute Gasteiger partial charge is 0.460 e. The Hall–Kier alpha value is -2.74. The zero-order chi connectivity index (χ0) is 17.7. The predicted molar refractivity (Wildman–Crippen MR) is 85.3 cm³/mol. The minimum absolute atomic E-state index is 0.0751. The van der Waals surface area contributed by atoms with Crippen LogP contribution in [-0.4, -0.2) is 36.2 Å². The fourth-order valence-corrected chi connectivity index (χ4v) is 2.67. The van der Waals surface area contributed by atoms with Gasteiger partial charge in [0.1, 0.15) is 12.5 Å². The number of nitro groups is 1. The Morgan fingerprint density at radius 2 is 1.96 bits per heavy atom. The first-order chi connectivity index (χ1) is 11.5. The topological polar surface area (TPSA) is 104 Å². The number of hydrogen-bond acceptors (Lipinski definition) is 7. The zero-order valence-corrected chi connectivity index (χ0v) is 13.7. The Morgan fingerprint density at radius 1 is 1.29 bits per heavy atom. The van der Waals surface area contributed by atoms with Crippen LogP contribution in [-0.2, 0) is 14.3 Å². The van der Waals surface area contributed by atoms with Gasteiger partial charge in [0, 0.05) is 25.2 Å². The third kappa shape index (κ3) is 3.60. The third-order valence-corrected chi connectivity index (χ3v) is 3.70. The van der Waals surface area contributed by atoms with Crippen molar-refractivity contribution in [3.63, 3.8) is 0 Å². The number of dihydropyridines is 1. The standard InChI is InChI=1S/C16H19N3O5/c1-10-13(16(20)24-9-8-23-3)14(12-4-6-17-7-5-12)15(19(21)22)11(2)18-10/h4-7,14,18H,8-9H2,1-3H3. The maximum atomic E-state index is 12.5. The van der Waals surface area contributed by atoms with Crippen LogP contribution in [0.5, 0.6) is 0 Å². The van der Waals surface area contributed by atoms with Crippen LogP contribution in [0.2, 0.25) is 0 Å². The van der Waals surface area contributed by atoms with Crippen LogP contribution in [0, 0.1) is 10.1 Å². The number of nitrogens with zero attached hydrogens (tertiary/aromatic N) is 2. The van der Waals surface area contributed by atoms with Crippen LogP contribution < -0.4 is 5.32 Å². The van der Waals surface area contributed by atoms with Crippen LogP contribution >= 0.6 is 0 Å². The second kappa shape index (κ2) is 7.69. The highest BCUT2D eigenvalue weighted by Crippen LogP contribution is 2.38. The molecule has 8 nitrogen and oxygen atoms in total. The molecule has 0 aliphatic carbocycles. The molecule has 0 bridgehead atoms. The minimum Gasteiger partial charge on any atom is -0.460 e. The Balaban J connectivity index is 2.47. The van der Waals surface area contributed by atoms with E-state index in [2.05, 4.69) is 10.3 Å². The zero-order valence-electron chi connectivity index (χ0n) is 13.7. The molecule has 1 N–H and O–H groups in total. The fraction of sp³-hybridized carbons (Fsp3) is 0.375. The number of carbonyl (C=O) groups is 1. The number of ether oxygens (including phenoxy) is 2. The van der Waals surface area contributed by atoms with Crippen LogP contribution in [0.3, 0.4) is 0 Å². The van der Waals surface area contributed by atoms with Crippen LogP contribution in [0.15, 0.2) is 47.2 Å². The highest BCUT2D eigenvalue weighted by Gasteiger charge is 2.40. The molecule has 128 valence electrons. The predicted octanol–water partition coefficient (Wildman–Crippen LogP) is 1.74. The van der Waals surface area contributed by atoms with Crippen LogP contribution in [0.1, 0.15) is 25.3 Å². The van der Waals surface area contributed by atoms with Crippen LogP contribution in [0.25, 0.3) is 0 Å². The quantitative estimate of drug-likeness (QED) is 0.366. The molecule has 24 heavy (non-hydrogen) atoms. The van der Waals surface area contributed by atoms with Gasteiger partial charge in [0.05, 0.1) is 22.8 Å². The first kappa shape index (κ1) is 17.6. The van der Waals surface area contributed by atoms with Gasteiger partial charge in [0.15, 0.2) is 0 Å². The lowest BCUT2D eigenvalue weighted by molar-refractivity contribution is -0.431. The number of allylic oxidation sites excluding steroid dienone is 3. The molecule has 8 heteroatoms. The fourth-order valence-electron chi connectivity index (χ4n) is 2.67. The van der Waals surface area contributed by atoms with E-state index in [4.69, 9.17) is 9.47 Å². The molecule has 2 heterocycles. The molecule has 1 aliphatic heterocycles. The summed E-state index contributed by atoms with van der Waals surface area (Å²) in [6.45, 7) is 3.64. The first-order valence-electron chi connectivity index (χ1n) is 7.36. The van der Waals surface area contributed by atoms with Crippen molar-refractivity contribution < 1.29 is 19.2 Å². The molecule has 0 spiro atoms. The third-order valence-electron chi connectivity index (χ3n) is 3.70. The van der Waals surface area contributed by atoms with Crippen molar-refractivity contribution in [3.05, 3.63) is 62.9 Å². The molecule has 1 aromatic rings. The van der Waals surface area contributed by atoms with E-state index < -0.39 is 16.8 Å². The van der Waals surface area contributed by atoms with E-state index in [1.807, 2.05) is 0 Å². The molecule has 1 aromatic heterocycles. The van der Waals surface area contributed by atoms with E-state index in [1.165, 1.54) is 19.5 Å². The molecule has 0 aromatic carbocycles. The summed E-state index contributed by atoms with van der Waals surface area (Å²) in [5.74, 6) is -1.43. The highest BCUT2D eigenvalue weighted by atomic mass is 16.6. The Morgan fingerprint density at radius 3 is 2.54 bits per heavy atom. The van der Waals surface area contributed by atoms with Crippen molar-refractivity contribution in [1.82, 2.24) is 10.3 Å². The Labute approximate surface area is 139 Å². The van der Waals surface area contributed by atoms with Gasteiger partial charge < -0.3 is 14.8 Å². The molecular formula is C16H19N3O5. The summed E-state index contributed by atoms with van der Waals surface area (Å²) in [6, 6.07) is 3.31. The van der Waals surface area contributed by atoms with Crippen molar-refractivity contribution in [2.24, 2.45) is 0 Å². The number of pyridine rings is 1. The number of methoxy groups -OCH3 is 1. The van der Waals surface area contributed by atoms with E-state index in [0.717, 1.165) is 0 Å². The van der Waals surface area contributed by atoms with Gasteiger partial charge in [0.25, 0.3) is 5.70 Å². The van der Waals surface area contributed by atoms with Crippen molar-refractivity contribution in [2.45, 2.75) is 19.8 Å². The van der Waals surface area contributed by atoms with Gasteiger partial charge in [0.2, 0.25) is 0 Å². The number of aromatic nitrogens is 1. The molecular weight excluding hydrogens is 314 g/mol. The van der Waals surface area contributed by atoms with Gasteiger partial charge in [-0.1, -0.05) is 0 Å². The van der Waals surface area contributed by atoms with Crippen molar-refractivity contribution in [2.75, 3.05) is 20.3 Å². The minimum atomic E-state index is -0.820. The van der Waals surface area contributed by atoms with Gasteiger partial charge in [-0.25, -0.2) is 4.79 Å². The van der Waals surface area contributed by atoms with Gasteiger partial charge in [-0.05, 0) is 31.5 Å². The molecule has 0 radical (unpaired) electrons. The van der Waals surface area contributed by atoms with Crippen molar-refractivity contribution in [3.8, 4) is 0 Å². The summed E-state index contributed by atoms with van der Waals surface area (Å²) in [7, 11) is 1.50. The average molecular weight is 333 g/mol. The second-order valence-corrected chi connectivity index (χ2v) is 5.27. The lowest BCUT2D eigenvalue weighted by Gasteiger charge is -2.26.